The van der Waals surface area contributed by atoms with Crippen LogP contribution in [0.3, 0.4) is 0 Å². The van der Waals surface area contributed by atoms with Gasteiger partial charge in [-0.2, -0.15) is 0 Å². The molecule has 2 atom stereocenters. The molecule has 182 valence electrons. The van der Waals surface area contributed by atoms with Gasteiger partial charge in [0.2, 0.25) is 5.43 Å². The largest absolute Gasteiger partial charge is 0.511 e. The van der Waals surface area contributed by atoms with Gasteiger partial charge < -0.3 is 19.3 Å². The van der Waals surface area contributed by atoms with E-state index in [1.807, 2.05) is 4.90 Å². The fourth-order valence-corrected chi connectivity index (χ4v) is 5.95. The Kier molecular flexibility index (Phi) is 6.02. The van der Waals surface area contributed by atoms with Gasteiger partial charge in [0, 0.05) is 38.1 Å². The maximum atomic E-state index is 15.5. The van der Waals surface area contributed by atoms with Crippen molar-refractivity contribution in [1.82, 2.24) is 9.47 Å². The van der Waals surface area contributed by atoms with Crippen molar-refractivity contribution < 1.29 is 23.8 Å². The van der Waals surface area contributed by atoms with Gasteiger partial charge in [-0.05, 0) is 51.1 Å². The highest BCUT2D eigenvalue weighted by Crippen LogP contribution is 2.44. The maximum Gasteiger partial charge on any atom is 0.511 e. The van der Waals surface area contributed by atoms with Crippen LogP contribution in [0.2, 0.25) is 5.02 Å². The third-order valence-corrected chi connectivity index (χ3v) is 7.61. The molecule has 0 amide bonds. The van der Waals surface area contributed by atoms with Crippen molar-refractivity contribution in [2.75, 3.05) is 31.1 Å². The van der Waals surface area contributed by atoms with E-state index in [1.54, 1.807) is 11.5 Å². The van der Waals surface area contributed by atoms with E-state index in [-0.39, 0.29) is 39.7 Å². The number of fused-ring (bicyclic) bond motifs is 2. The number of ketones is 1. The van der Waals surface area contributed by atoms with E-state index in [2.05, 4.69) is 9.64 Å². The lowest BCUT2D eigenvalue weighted by atomic mass is 9.92. The van der Waals surface area contributed by atoms with Gasteiger partial charge in [0.15, 0.2) is 5.75 Å². The molecule has 34 heavy (non-hydrogen) atoms. The molecule has 1 aromatic carbocycles. The lowest BCUT2D eigenvalue weighted by Crippen LogP contribution is -2.45. The van der Waals surface area contributed by atoms with E-state index in [4.69, 9.17) is 16.7 Å². The number of Topliss-reactive ketones (excluding diaryl/α,β-unsaturated/α-hetero) is 1. The van der Waals surface area contributed by atoms with Crippen molar-refractivity contribution in [2.24, 2.45) is 5.92 Å². The molecule has 1 aromatic heterocycles. The summed E-state index contributed by atoms with van der Waals surface area (Å²) in [6.45, 7) is 4.46. The molecule has 1 aliphatic carbocycles. The number of hydrogen-bond acceptors (Lipinski definition) is 6. The zero-order valence-corrected chi connectivity index (χ0v) is 19.7. The van der Waals surface area contributed by atoms with Crippen LogP contribution in [-0.4, -0.2) is 58.7 Å². The molecule has 3 aliphatic rings. The monoisotopic (exact) mass is 491 g/mol. The number of piperidine rings is 1. The number of nitrogens with zero attached hydrogens (tertiary/aromatic N) is 3. The second kappa shape index (κ2) is 8.85. The lowest BCUT2D eigenvalue weighted by molar-refractivity contribution is -0.117. The minimum absolute atomic E-state index is 0.0107. The molecule has 5 rings (SSSR count). The summed E-state index contributed by atoms with van der Waals surface area (Å²) in [5.74, 6) is -0.462. The Morgan fingerprint density at radius 1 is 1.26 bits per heavy atom. The van der Waals surface area contributed by atoms with Crippen molar-refractivity contribution in [3.8, 4) is 5.75 Å². The molecule has 2 aliphatic heterocycles. The molecule has 3 heterocycles. The number of anilines is 1. The van der Waals surface area contributed by atoms with E-state index in [0.717, 1.165) is 38.3 Å². The molecule has 10 heteroatoms. The number of benzene rings is 1. The molecule has 0 radical (unpaired) electrons. The summed E-state index contributed by atoms with van der Waals surface area (Å²) in [5, 5.41) is 9.17. The van der Waals surface area contributed by atoms with Gasteiger partial charge >= 0.3 is 6.16 Å². The lowest BCUT2D eigenvalue weighted by Gasteiger charge is -2.36. The van der Waals surface area contributed by atoms with Crippen molar-refractivity contribution in [3.63, 3.8) is 0 Å². The molecule has 2 aromatic rings. The molecule has 1 saturated carbocycles. The summed E-state index contributed by atoms with van der Waals surface area (Å²) in [7, 11) is 0. The molecule has 8 nitrogen and oxygen atoms in total. The van der Waals surface area contributed by atoms with Gasteiger partial charge in [-0.3, -0.25) is 14.5 Å². The normalized spacial score (nSPS) is 22.7. The third-order valence-electron chi connectivity index (χ3n) is 7.25. The van der Waals surface area contributed by atoms with E-state index in [9.17, 15) is 14.4 Å². The van der Waals surface area contributed by atoms with Crippen molar-refractivity contribution in [1.29, 1.82) is 0 Å². The predicted octanol–water partition coefficient (Wildman–Crippen LogP) is 4.07. The average molecular weight is 492 g/mol. The first-order valence-corrected chi connectivity index (χ1v) is 12.1. The Labute approximate surface area is 200 Å². The van der Waals surface area contributed by atoms with Crippen LogP contribution in [0.25, 0.3) is 10.9 Å². The van der Waals surface area contributed by atoms with Crippen molar-refractivity contribution >= 4 is 40.1 Å². The quantitative estimate of drug-likeness (QED) is 0.609. The van der Waals surface area contributed by atoms with E-state index >= 15 is 4.39 Å². The minimum Gasteiger partial charge on any atom is -0.449 e. The fourth-order valence-electron chi connectivity index (χ4n) is 5.54. The number of hydrogen-bond donors (Lipinski definition) is 1. The maximum absolute atomic E-state index is 15.5. The van der Waals surface area contributed by atoms with Gasteiger partial charge in [-0.15, -0.1) is 0 Å². The zero-order valence-electron chi connectivity index (χ0n) is 18.9. The third kappa shape index (κ3) is 4.15. The first-order chi connectivity index (χ1) is 16.2. The minimum atomic E-state index is -1.60. The second-order valence-electron chi connectivity index (χ2n) is 9.61. The topological polar surface area (TPSA) is 92.1 Å². The number of pyridine rings is 1. The summed E-state index contributed by atoms with van der Waals surface area (Å²) in [6.07, 6.45) is 4.05. The molecule has 0 unspecified atom stereocenters. The first kappa shape index (κ1) is 23.1. The first-order valence-electron chi connectivity index (χ1n) is 11.7. The van der Waals surface area contributed by atoms with E-state index in [0.29, 0.717) is 37.5 Å². The number of likely N-dealkylation sites (tertiary alicyclic amines) is 1. The highest BCUT2D eigenvalue weighted by atomic mass is 35.5. The molecule has 0 spiro atoms. The van der Waals surface area contributed by atoms with Gasteiger partial charge in [0.25, 0.3) is 0 Å². The molecular weight excluding hydrogens is 465 g/mol. The molecule has 3 fully saturated rings. The Morgan fingerprint density at radius 3 is 2.71 bits per heavy atom. The molecule has 2 saturated heterocycles. The van der Waals surface area contributed by atoms with Crippen LogP contribution < -0.4 is 15.1 Å². The smallest absolute Gasteiger partial charge is 0.449 e. The van der Waals surface area contributed by atoms with E-state index < -0.39 is 17.4 Å². The SMILES string of the molecule is CC(=O)CCN1CCC[C@H]2CN(c3c(F)cc4c(=O)c(OC(=O)O)cn(C5CC5)c4c3Cl)C[C@H]21. The van der Waals surface area contributed by atoms with Gasteiger partial charge in [0.05, 0.1) is 27.8 Å². The number of carbonyl (C=O) groups is 2. The predicted molar refractivity (Wildman–Crippen MR) is 126 cm³/mol. The summed E-state index contributed by atoms with van der Waals surface area (Å²) >= 11 is 6.81. The van der Waals surface area contributed by atoms with Crippen LogP contribution in [-0.2, 0) is 4.79 Å². The number of carbonyl (C=O) groups excluding carboxylic acids is 1. The summed E-state index contributed by atoms with van der Waals surface area (Å²) in [6, 6.07) is 1.43. The second-order valence-corrected chi connectivity index (χ2v) is 9.99. The van der Waals surface area contributed by atoms with Crippen molar-refractivity contribution in [2.45, 2.75) is 51.1 Å². The number of aromatic nitrogens is 1. The molecule has 0 bridgehead atoms. The van der Waals surface area contributed by atoms with Crippen molar-refractivity contribution in [3.05, 3.63) is 33.3 Å². The zero-order chi connectivity index (χ0) is 24.1. The average Bonchev–Trinajstić information content (AvgIpc) is 3.52. The number of ether oxygens (including phenoxy) is 1. The van der Waals surface area contributed by atoms with Crippen LogP contribution >= 0.6 is 11.6 Å². The van der Waals surface area contributed by atoms with Crippen LogP contribution in [0, 0.1) is 11.7 Å². The number of carboxylic acid groups (broad SMARTS) is 1. The van der Waals surface area contributed by atoms with E-state index in [1.165, 1.54) is 6.20 Å². The summed E-state index contributed by atoms with van der Waals surface area (Å²) in [5.41, 5.74) is -0.0189. The highest BCUT2D eigenvalue weighted by molar-refractivity contribution is 6.38. The standard InChI is InChI=1S/C24H27ClFN3O5/c1-13(30)6-8-27-7-2-3-14-10-28(11-18(14)27)22-17(26)9-16-21(20(22)25)29(15-4-5-15)12-19(23(16)31)34-24(32)33/h9,12,14-15,18H,2-8,10-11H2,1H3,(H,32,33)/t14-,18+/m0/s1. The summed E-state index contributed by atoms with van der Waals surface area (Å²) in [4.78, 5) is 39.7. The number of rotatable bonds is 6. The Morgan fingerprint density at radius 2 is 2.03 bits per heavy atom. The Hall–Kier alpha value is -2.65. The van der Waals surface area contributed by atoms with Gasteiger partial charge in [-0.25, -0.2) is 9.18 Å². The van der Waals surface area contributed by atoms with Gasteiger partial charge in [-0.1, -0.05) is 11.6 Å². The number of halogens is 2. The van der Waals surface area contributed by atoms with Crippen LogP contribution in [0.15, 0.2) is 17.1 Å². The summed E-state index contributed by atoms with van der Waals surface area (Å²) < 4.78 is 21.9. The van der Waals surface area contributed by atoms with Gasteiger partial charge in [0.1, 0.15) is 11.6 Å². The fraction of sp³-hybridized carbons (Fsp3) is 0.542. The highest BCUT2D eigenvalue weighted by Gasteiger charge is 2.41. The Bertz CT molecular complexity index is 1230. The molecular formula is C24H27ClFN3O5. The molecule has 1 N–H and O–H groups in total. The Balaban J connectivity index is 1.55. The van der Waals surface area contributed by atoms with Crippen LogP contribution in [0.5, 0.6) is 5.75 Å². The van der Waals surface area contributed by atoms with Crippen LogP contribution in [0.4, 0.5) is 14.9 Å². The van der Waals surface area contributed by atoms with Crippen LogP contribution in [0.1, 0.15) is 45.1 Å².